The van der Waals surface area contributed by atoms with E-state index < -0.39 is 0 Å². The van der Waals surface area contributed by atoms with E-state index in [1.54, 1.807) is 6.20 Å². The number of aryl methyl sites for hydroxylation is 1. The number of carbonyl (C=O) groups is 1. The molecule has 8 heteroatoms. The standard InChI is InChI=1S/C32H32N6OS/c1-22-30(25-10-12-28-26(19-25)20-34-29(28)13-11-27-5-3-4-14-33-27)40-32(35-22)36-31(39)24-8-6-23(7-9-24)21-38-17-15-37(2)16-18-38/h3-14,19H,15-18,20-21H2,1-2H3,(H,35,36,39)/b13-11+. The van der Waals surface area contributed by atoms with Gasteiger partial charge < -0.3 is 4.90 Å². The lowest BCUT2D eigenvalue weighted by Gasteiger charge is -2.32. The fourth-order valence-electron chi connectivity index (χ4n) is 5.07. The molecule has 2 aliphatic rings. The van der Waals surface area contributed by atoms with Crippen LogP contribution in [0.3, 0.4) is 0 Å². The first-order valence-electron chi connectivity index (χ1n) is 13.6. The summed E-state index contributed by atoms with van der Waals surface area (Å²) >= 11 is 1.50. The number of anilines is 1. The fourth-order valence-corrected chi connectivity index (χ4v) is 6.02. The maximum absolute atomic E-state index is 13.0. The van der Waals surface area contributed by atoms with E-state index >= 15 is 0 Å². The molecule has 0 atom stereocenters. The molecule has 1 fully saturated rings. The van der Waals surface area contributed by atoms with Gasteiger partial charge in [-0.25, -0.2) is 4.98 Å². The number of pyridine rings is 1. The van der Waals surface area contributed by atoms with Crippen LogP contribution in [0.4, 0.5) is 5.13 Å². The maximum atomic E-state index is 13.0. The first-order chi connectivity index (χ1) is 19.5. The second kappa shape index (κ2) is 11.6. The Bertz CT molecular complexity index is 1570. The van der Waals surface area contributed by atoms with Crippen molar-refractivity contribution < 1.29 is 4.79 Å². The molecule has 4 heterocycles. The summed E-state index contributed by atoms with van der Waals surface area (Å²) in [5.41, 5.74) is 8.06. The molecule has 6 rings (SSSR count). The Hall–Kier alpha value is -3.98. The third-order valence-electron chi connectivity index (χ3n) is 7.40. The predicted octanol–water partition coefficient (Wildman–Crippen LogP) is 5.53. The number of thiazole rings is 1. The first kappa shape index (κ1) is 26.3. The number of nitrogens with one attached hydrogen (secondary N) is 1. The Morgan fingerprint density at radius 1 is 1.02 bits per heavy atom. The number of nitrogens with zero attached hydrogens (tertiary/aromatic N) is 5. The Balaban J connectivity index is 1.10. The fraction of sp³-hybridized carbons (Fsp3) is 0.250. The molecule has 0 radical (unpaired) electrons. The average Bonchev–Trinajstić information content (AvgIpc) is 3.56. The van der Waals surface area contributed by atoms with Gasteiger partial charge in [0, 0.05) is 50.0 Å². The highest BCUT2D eigenvalue weighted by Gasteiger charge is 2.18. The topological polar surface area (TPSA) is 73.7 Å². The van der Waals surface area contributed by atoms with E-state index in [0.29, 0.717) is 17.2 Å². The van der Waals surface area contributed by atoms with Gasteiger partial charge in [-0.1, -0.05) is 41.7 Å². The zero-order chi connectivity index (χ0) is 27.5. The van der Waals surface area contributed by atoms with Gasteiger partial charge in [-0.3, -0.25) is 25.0 Å². The van der Waals surface area contributed by atoms with Crippen LogP contribution in [-0.2, 0) is 13.1 Å². The Labute approximate surface area is 238 Å². The van der Waals surface area contributed by atoms with Crippen molar-refractivity contribution in [2.24, 2.45) is 4.99 Å². The van der Waals surface area contributed by atoms with Crippen molar-refractivity contribution in [1.29, 1.82) is 0 Å². The molecule has 2 aromatic carbocycles. The number of piperazine rings is 1. The van der Waals surface area contributed by atoms with Gasteiger partial charge in [0.25, 0.3) is 5.91 Å². The van der Waals surface area contributed by atoms with Gasteiger partial charge in [-0.05, 0) is 73.1 Å². The van der Waals surface area contributed by atoms with Crippen LogP contribution in [0.15, 0.2) is 77.9 Å². The lowest BCUT2D eigenvalue weighted by atomic mass is 10.0. The minimum Gasteiger partial charge on any atom is -0.304 e. The summed E-state index contributed by atoms with van der Waals surface area (Å²) in [6.07, 6.45) is 5.81. The molecular formula is C32H32N6OS. The number of fused-ring (bicyclic) bond motifs is 1. The Morgan fingerprint density at radius 2 is 1.85 bits per heavy atom. The highest BCUT2D eigenvalue weighted by Crippen LogP contribution is 2.35. The number of amides is 1. The third kappa shape index (κ3) is 5.94. The highest BCUT2D eigenvalue weighted by atomic mass is 32.1. The van der Waals surface area contributed by atoms with E-state index in [0.717, 1.165) is 65.8 Å². The number of carbonyl (C=O) groups excluding carboxylic acids is 1. The number of rotatable bonds is 7. The van der Waals surface area contributed by atoms with Crippen molar-refractivity contribution in [3.8, 4) is 10.4 Å². The van der Waals surface area contributed by atoms with Gasteiger partial charge in [-0.15, -0.1) is 0 Å². The van der Waals surface area contributed by atoms with Crippen molar-refractivity contribution in [3.05, 3.63) is 107 Å². The van der Waals surface area contributed by atoms with Crippen molar-refractivity contribution >= 4 is 34.2 Å². The number of benzene rings is 2. The molecule has 0 bridgehead atoms. The van der Waals surface area contributed by atoms with Gasteiger partial charge in [0.05, 0.1) is 28.5 Å². The number of hydrogen-bond donors (Lipinski definition) is 1. The molecule has 0 unspecified atom stereocenters. The first-order valence-corrected chi connectivity index (χ1v) is 14.4. The molecule has 4 aromatic rings. The van der Waals surface area contributed by atoms with E-state index in [-0.39, 0.29) is 5.91 Å². The van der Waals surface area contributed by atoms with Crippen molar-refractivity contribution in [2.45, 2.75) is 20.0 Å². The predicted molar refractivity (Wildman–Crippen MR) is 163 cm³/mol. The molecule has 2 aliphatic heterocycles. The molecule has 1 amide bonds. The number of hydrogen-bond acceptors (Lipinski definition) is 7. The molecule has 0 aliphatic carbocycles. The van der Waals surface area contributed by atoms with E-state index in [1.807, 2.05) is 49.4 Å². The number of aliphatic imine (C=N–C) groups is 1. The van der Waals surface area contributed by atoms with Gasteiger partial charge in [0.1, 0.15) is 0 Å². The summed E-state index contributed by atoms with van der Waals surface area (Å²) < 4.78 is 0. The maximum Gasteiger partial charge on any atom is 0.257 e. The molecule has 2 aromatic heterocycles. The van der Waals surface area contributed by atoms with Crippen LogP contribution in [-0.4, -0.2) is 64.6 Å². The van der Waals surface area contributed by atoms with Crippen LogP contribution < -0.4 is 5.32 Å². The second-order valence-electron chi connectivity index (χ2n) is 10.3. The molecular weight excluding hydrogens is 516 g/mol. The summed E-state index contributed by atoms with van der Waals surface area (Å²) in [5, 5.41) is 3.61. The third-order valence-corrected chi connectivity index (χ3v) is 8.52. The summed E-state index contributed by atoms with van der Waals surface area (Å²) in [7, 11) is 2.16. The van der Waals surface area contributed by atoms with Gasteiger partial charge in [0.2, 0.25) is 0 Å². The van der Waals surface area contributed by atoms with Gasteiger partial charge in [0.15, 0.2) is 5.13 Å². The molecule has 40 heavy (non-hydrogen) atoms. The number of allylic oxidation sites excluding steroid dienone is 1. The molecule has 1 N–H and O–H groups in total. The summed E-state index contributed by atoms with van der Waals surface area (Å²) in [6, 6.07) is 20.2. The van der Waals surface area contributed by atoms with Crippen LogP contribution in [0.25, 0.3) is 16.5 Å². The Kier molecular flexibility index (Phi) is 7.64. The average molecular weight is 549 g/mol. The molecule has 0 saturated carbocycles. The van der Waals surface area contributed by atoms with Crippen LogP contribution >= 0.6 is 11.3 Å². The number of aromatic nitrogens is 2. The van der Waals surface area contributed by atoms with Crippen molar-refractivity contribution in [1.82, 2.24) is 19.8 Å². The smallest absolute Gasteiger partial charge is 0.257 e. The van der Waals surface area contributed by atoms with Crippen molar-refractivity contribution in [2.75, 3.05) is 38.5 Å². The lowest BCUT2D eigenvalue weighted by Crippen LogP contribution is -2.43. The van der Waals surface area contributed by atoms with Crippen molar-refractivity contribution in [3.63, 3.8) is 0 Å². The zero-order valence-electron chi connectivity index (χ0n) is 22.8. The summed E-state index contributed by atoms with van der Waals surface area (Å²) in [6.45, 7) is 7.90. The monoisotopic (exact) mass is 548 g/mol. The zero-order valence-corrected chi connectivity index (χ0v) is 23.6. The van der Waals surface area contributed by atoms with Crippen LogP contribution in [0.1, 0.15) is 38.4 Å². The molecule has 0 spiro atoms. The Morgan fingerprint density at radius 3 is 2.62 bits per heavy atom. The van der Waals surface area contributed by atoms with Gasteiger partial charge >= 0.3 is 0 Å². The highest BCUT2D eigenvalue weighted by molar-refractivity contribution is 7.19. The second-order valence-corrected chi connectivity index (χ2v) is 11.3. The van der Waals surface area contributed by atoms with Crippen LogP contribution in [0.2, 0.25) is 0 Å². The van der Waals surface area contributed by atoms with E-state index in [9.17, 15) is 4.79 Å². The largest absolute Gasteiger partial charge is 0.304 e. The van der Waals surface area contributed by atoms with Crippen LogP contribution in [0.5, 0.6) is 0 Å². The SMILES string of the molecule is Cc1nc(NC(=O)c2ccc(CN3CCN(C)CC3)cc2)sc1-c1ccc2c(c1)CN=C2/C=C/c1ccccn1. The summed E-state index contributed by atoms with van der Waals surface area (Å²) in [4.78, 5) is 32.6. The van der Waals surface area contributed by atoms with E-state index in [2.05, 4.69) is 62.5 Å². The van der Waals surface area contributed by atoms with E-state index in [1.165, 1.54) is 22.5 Å². The summed E-state index contributed by atoms with van der Waals surface area (Å²) in [5.74, 6) is -0.141. The minimum absolute atomic E-state index is 0.141. The molecule has 7 nitrogen and oxygen atoms in total. The van der Waals surface area contributed by atoms with E-state index in [4.69, 9.17) is 4.99 Å². The normalized spacial score (nSPS) is 15.8. The number of likely N-dealkylation sites (N-methyl/N-ethyl adjacent to an activating group) is 1. The quantitative estimate of drug-likeness (QED) is 0.329. The molecule has 202 valence electrons. The lowest BCUT2D eigenvalue weighted by molar-refractivity contribution is 0.102. The molecule has 1 saturated heterocycles. The van der Waals surface area contributed by atoms with Gasteiger partial charge in [-0.2, -0.15) is 0 Å². The minimum atomic E-state index is -0.141. The van der Waals surface area contributed by atoms with Crippen LogP contribution in [0, 0.1) is 6.92 Å².